The summed E-state index contributed by atoms with van der Waals surface area (Å²) in [6, 6.07) is 6.00. The molecule has 124 valence electrons. The highest BCUT2D eigenvalue weighted by atomic mass is 32.2. The first kappa shape index (κ1) is 16.0. The van der Waals surface area contributed by atoms with E-state index in [-0.39, 0.29) is 4.90 Å². The second-order valence-corrected chi connectivity index (χ2v) is 7.80. The zero-order valence-electron chi connectivity index (χ0n) is 12.9. The Morgan fingerprint density at radius 1 is 1.22 bits per heavy atom. The molecule has 1 amide bonds. The third kappa shape index (κ3) is 3.56. The van der Waals surface area contributed by atoms with Crippen LogP contribution in [-0.4, -0.2) is 28.2 Å². The number of nitrogens with one attached hydrogen (secondary N) is 2. The molecule has 2 bridgehead atoms. The highest BCUT2D eigenvalue weighted by molar-refractivity contribution is 7.89. The van der Waals surface area contributed by atoms with E-state index in [0.717, 1.165) is 12.8 Å². The number of rotatable bonds is 5. The van der Waals surface area contributed by atoms with Gasteiger partial charge in [-0.25, -0.2) is 17.9 Å². The lowest BCUT2D eigenvalue weighted by atomic mass is 9.94. The topological polar surface area (TPSA) is 84.5 Å². The summed E-state index contributed by atoms with van der Waals surface area (Å²) in [6.45, 7) is 0.468. The fourth-order valence-corrected chi connectivity index (χ4v) is 4.41. The Hall–Kier alpha value is -1.86. The van der Waals surface area contributed by atoms with Crippen molar-refractivity contribution in [2.45, 2.75) is 17.7 Å². The van der Waals surface area contributed by atoms with E-state index in [1.54, 1.807) is 0 Å². The summed E-state index contributed by atoms with van der Waals surface area (Å²) in [5.41, 5.74) is 0.481. The summed E-state index contributed by atoms with van der Waals surface area (Å²) in [6.07, 6.45) is 6.07. The van der Waals surface area contributed by atoms with Gasteiger partial charge in [0, 0.05) is 12.2 Å². The molecule has 2 N–H and O–H groups in total. The number of carbonyl (C=O) groups excluding carboxylic acids is 1. The van der Waals surface area contributed by atoms with Crippen LogP contribution in [0.25, 0.3) is 0 Å². The molecule has 0 heterocycles. The van der Waals surface area contributed by atoms with E-state index in [4.69, 9.17) is 0 Å². The molecule has 2 aliphatic carbocycles. The Morgan fingerprint density at radius 3 is 2.52 bits per heavy atom. The van der Waals surface area contributed by atoms with Crippen LogP contribution in [0.15, 0.2) is 41.3 Å². The van der Waals surface area contributed by atoms with E-state index >= 15 is 0 Å². The predicted molar refractivity (Wildman–Crippen MR) is 86.5 cm³/mol. The maximum absolute atomic E-state index is 12.3. The minimum atomic E-state index is -3.53. The van der Waals surface area contributed by atoms with E-state index in [9.17, 15) is 13.2 Å². The summed E-state index contributed by atoms with van der Waals surface area (Å²) >= 11 is 0. The summed E-state index contributed by atoms with van der Waals surface area (Å²) in [5, 5.41) is 2.48. The van der Waals surface area contributed by atoms with Crippen LogP contribution in [-0.2, 0) is 14.8 Å². The molecule has 2 aliphatic rings. The molecule has 0 radical (unpaired) electrons. The lowest BCUT2D eigenvalue weighted by molar-refractivity contribution is 0.187. The Morgan fingerprint density at radius 2 is 1.96 bits per heavy atom. The highest BCUT2D eigenvalue weighted by Gasteiger charge is 2.35. The molecule has 0 aliphatic heterocycles. The number of allylic oxidation sites excluding steroid dienone is 2. The first-order valence-corrected chi connectivity index (χ1v) is 9.09. The summed E-state index contributed by atoms with van der Waals surface area (Å²) in [7, 11) is -2.27. The molecule has 0 unspecified atom stereocenters. The van der Waals surface area contributed by atoms with Gasteiger partial charge in [0.05, 0.1) is 12.0 Å². The zero-order valence-corrected chi connectivity index (χ0v) is 13.7. The fourth-order valence-electron chi connectivity index (χ4n) is 3.32. The monoisotopic (exact) mass is 336 g/mol. The van der Waals surface area contributed by atoms with Gasteiger partial charge in [-0.05, 0) is 54.9 Å². The van der Waals surface area contributed by atoms with Crippen molar-refractivity contribution < 1.29 is 17.9 Å². The molecule has 1 aromatic rings. The summed E-state index contributed by atoms with van der Waals surface area (Å²) in [4.78, 5) is 11.3. The van der Waals surface area contributed by atoms with Gasteiger partial charge in [0.1, 0.15) is 0 Å². The van der Waals surface area contributed by atoms with Crippen LogP contribution in [0.2, 0.25) is 0 Å². The van der Waals surface area contributed by atoms with Crippen LogP contribution in [0.3, 0.4) is 0 Å². The number of carbonyl (C=O) groups is 1. The number of benzene rings is 1. The van der Waals surface area contributed by atoms with Crippen molar-refractivity contribution in [2.24, 2.45) is 17.8 Å². The van der Waals surface area contributed by atoms with Gasteiger partial charge in [0.25, 0.3) is 0 Å². The van der Waals surface area contributed by atoms with Crippen molar-refractivity contribution in [3.05, 3.63) is 36.4 Å². The van der Waals surface area contributed by atoms with Crippen molar-refractivity contribution in [3.63, 3.8) is 0 Å². The van der Waals surface area contributed by atoms with Gasteiger partial charge >= 0.3 is 6.09 Å². The number of hydrogen-bond donors (Lipinski definition) is 2. The van der Waals surface area contributed by atoms with E-state index < -0.39 is 16.1 Å². The second-order valence-electron chi connectivity index (χ2n) is 6.03. The largest absolute Gasteiger partial charge is 0.453 e. The predicted octanol–water partition coefficient (Wildman–Crippen LogP) is 2.36. The molecular formula is C16H20N2O4S. The van der Waals surface area contributed by atoms with Gasteiger partial charge in [0.15, 0.2) is 0 Å². The van der Waals surface area contributed by atoms with Crippen molar-refractivity contribution in [2.75, 3.05) is 19.0 Å². The van der Waals surface area contributed by atoms with Crippen molar-refractivity contribution >= 4 is 21.8 Å². The van der Waals surface area contributed by atoms with Gasteiger partial charge in [-0.2, -0.15) is 0 Å². The molecule has 6 nitrogen and oxygen atoms in total. The Balaban J connectivity index is 1.60. The fraction of sp³-hybridized carbons (Fsp3) is 0.438. The summed E-state index contributed by atoms with van der Waals surface area (Å²) in [5.74, 6) is 1.52. The molecule has 23 heavy (non-hydrogen) atoms. The van der Waals surface area contributed by atoms with E-state index in [1.165, 1.54) is 31.4 Å². The van der Waals surface area contributed by atoms with Gasteiger partial charge in [0.2, 0.25) is 10.0 Å². The van der Waals surface area contributed by atoms with Crippen LogP contribution >= 0.6 is 0 Å². The van der Waals surface area contributed by atoms with Gasteiger partial charge < -0.3 is 4.74 Å². The van der Waals surface area contributed by atoms with Gasteiger partial charge in [-0.1, -0.05) is 12.2 Å². The standard InChI is InChI=1S/C16H20N2O4S/c1-22-16(19)18-14-4-6-15(7-5-14)23(20,21)17-10-13-9-11-2-3-12(13)8-11/h2-7,11-13,17H,8-10H2,1H3,(H,18,19)/t11-,12+,13-/m1/s1. The number of ether oxygens (including phenoxy) is 1. The first-order valence-electron chi connectivity index (χ1n) is 7.61. The molecular weight excluding hydrogens is 316 g/mol. The van der Waals surface area contributed by atoms with E-state index in [1.807, 2.05) is 0 Å². The quantitative estimate of drug-likeness (QED) is 0.809. The van der Waals surface area contributed by atoms with Crippen LogP contribution in [0, 0.1) is 17.8 Å². The average Bonchev–Trinajstić information content (AvgIpc) is 3.16. The molecule has 0 spiro atoms. The van der Waals surface area contributed by atoms with E-state index in [2.05, 4.69) is 26.9 Å². The van der Waals surface area contributed by atoms with Gasteiger partial charge in [-0.3, -0.25) is 5.32 Å². The highest BCUT2D eigenvalue weighted by Crippen LogP contribution is 2.43. The third-order valence-corrected chi connectivity index (χ3v) is 5.99. The zero-order chi connectivity index (χ0) is 16.4. The molecule has 1 fully saturated rings. The lowest BCUT2D eigenvalue weighted by Crippen LogP contribution is -2.31. The minimum Gasteiger partial charge on any atom is -0.453 e. The molecule has 1 aromatic carbocycles. The number of anilines is 1. The number of amides is 1. The lowest BCUT2D eigenvalue weighted by Gasteiger charge is -2.18. The molecule has 0 aromatic heterocycles. The normalized spacial score (nSPS) is 25.5. The molecule has 3 rings (SSSR count). The van der Waals surface area contributed by atoms with Crippen molar-refractivity contribution in [1.82, 2.24) is 4.72 Å². The molecule has 0 saturated heterocycles. The maximum Gasteiger partial charge on any atom is 0.411 e. The second kappa shape index (κ2) is 6.33. The molecule has 7 heteroatoms. The Bertz CT molecular complexity index is 712. The first-order chi connectivity index (χ1) is 11.0. The number of fused-ring (bicyclic) bond motifs is 2. The van der Waals surface area contributed by atoms with E-state index in [0.29, 0.717) is 30.0 Å². The number of hydrogen-bond acceptors (Lipinski definition) is 4. The number of methoxy groups -OCH3 is 1. The third-order valence-electron chi connectivity index (χ3n) is 4.55. The Labute approximate surface area is 136 Å². The van der Waals surface area contributed by atoms with Crippen molar-refractivity contribution in [3.8, 4) is 0 Å². The van der Waals surface area contributed by atoms with Crippen molar-refractivity contribution in [1.29, 1.82) is 0 Å². The maximum atomic E-state index is 12.3. The average molecular weight is 336 g/mol. The molecule has 3 atom stereocenters. The van der Waals surface area contributed by atoms with Crippen LogP contribution in [0.4, 0.5) is 10.5 Å². The molecule has 1 saturated carbocycles. The summed E-state index contributed by atoms with van der Waals surface area (Å²) < 4.78 is 31.9. The SMILES string of the molecule is COC(=O)Nc1ccc(S(=O)(=O)NC[C@H]2C[C@@H]3C=C[C@H]2C3)cc1. The van der Waals surface area contributed by atoms with Crippen LogP contribution < -0.4 is 10.0 Å². The Kier molecular flexibility index (Phi) is 4.41. The number of sulfonamides is 1. The van der Waals surface area contributed by atoms with Gasteiger partial charge in [-0.15, -0.1) is 0 Å². The van der Waals surface area contributed by atoms with Crippen LogP contribution in [0.1, 0.15) is 12.8 Å². The smallest absolute Gasteiger partial charge is 0.411 e. The van der Waals surface area contributed by atoms with Crippen LogP contribution in [0.5, 0.6) is 0 Å². The minimum absolute atomic E-state index is 0.187.